The average Bonchev–Trinajstić information content (AvgIpc) is 3.09. The molecule has 1 aliphatic rings. The molecule has 1 saturated heterocycles. The summed E-state index contributed by atoms with van der Waals surface area (Å²) in [5.41, 5.74) is 6.21. The highest BCUT2D eigenvalue weighted by Crippen LogP contribution is 2.39. The normalized spacial score (nSPS) is 18.4. The van der Waals surface area contributed by atoms with Gasteiger partial charge in [0.2, 0.25) is 0 Å². The number of carbonyl (C=O) groups excluding carboxylic acids is 1. The number of hydrogen-bond acceptors (Lipinski definition) is 8. The zero-order valence-electron chi connectivity index (χ0n) is 26.5. The first-order valence-electron chi connectivity index (χ1n) is 15.7. The van der Waals surface area contributed by atoms with Gasteiger partial charge in [-0.2, -0.15) is 0 Å². The smallest absolute Gasteiger partial charge is 0.407 e. The Balaban J connectivity index is 1.33. The Morgan fingerprint density at radius 3 is 2.47 bits per heavy atom. The van der Waals surface area contributed by atoms with Crippen LogP contribution in [0.3, 0.4) is 0 Å². The van der Waals surface area contributed by atoms with E-state index in [1.54, 1.807) is 24.3 Å². The van der Waals surface area contributed by atoms with Crippen molar-refractivity contribution in [3.63, 3.8) is 0 Å². The number of nitrogens with one attached hydrogen (secondary N) is 1. The second-order valence-corrected chi connectivity index (χ2v) is 11.7. The summed E-state index contributed by atoms with van der Waals surface area (Å²) in [7, 11) is 1.94. The van der Waals surface area contributed by atoms with E-state index in [-0.39, 0.29) is 31.2 Å². The lowest BCUT2D eigenvalue weighted by molar-refractivity contribution is -0.252. The number of carbonyl (C=O) groups is 1. The number of rotatable bonds is 13. The molecular formula is C38H42N2O7. The Morgan fingerprint density at radius 2 is 1.72 bits per heavy atom. The van der Waals surface area contributed by atoms with Crippen molar-refractivity contribution < 1.29 is 34.3 Å². The number of likely N-dealkylation sites (N-methyl/N-ethyl adjacent to an activating group) is 1. The van der Waals surface area contributed by atoms with Crippen LogP contribution >= 0.6 is 0 Å². The predicted molar refractivity (Wildman–Crippen MR) is 179 cm³/mol. The Hall–Kier alpha value is -4.51. The third-order valence-electron chi connectivity index (χ3n) is 8.06. The summed E-state index contributed by atoms with van der Waals surface area (Å²) >= 11 is 0. The van der Waals surface area contributed by atoms with Crippen LogP contribution in [0.5, 0.6) is 5.75 Å². The van der Waals surface area contributed by atoms with Gasteiger partial charge >= 0.3 is 6.09 Å². The molecule has 0 saturated carbocycles. The van der Waals surface area contributed by atoms with Crippen LogP contribution in [0.4, 0.5) is 4.79 Å². The molecule has 0 bridgehead atoms. The molecular weight excluding hydrogens is 596 g/mol. The van der Waals surface area contributed by atoms with E-state index < -0.39 is 18.5 Å². The lowest BCUT2D eigenvalue weighted by atomic mass is 9.98. The van der Waals surface area contributed by atoms with Crippen LogP contribution in [-0.4, -0.2) is 59.2 Å². The standard InChI is InChI=1S/C38H42N2O7/c1-3-17-45-38(44)39-22-27-7-4-8-29(18-27)30-9-5-11-32(19-30)37-46-34(21-36(47-37)28-15-13-26(25-41)14-16-28)23-40(2)24-35(43)31-10-6-12-33(42)20-31/h3-16,18-20,34-37,41-43H,1,17,21-25H2,2H3,(H,39,44)/t34-,35-,36+,37+/m1/s1. The Bertz CT molecular complexity index is 1630. The Kier molecular flexibility index (Phi) is 11.8. The van der Waals surface area contributed by atoms with E-state index in [1.807, 2.05) is 78.7 Å². The van der Waals surface area contributed by atoms with Crippen molar-refractivity contribution in [3.8, 4) is 16.9 Å². The van der Waals surface area contributed by atoms with E-state index in [9.17, 15) is 20.1 Å². The van der Waals surface area contributed by atoms with Gasteiger partial charge in [0.05, 0.1) is 24.9 Å². The van der Waals surface area contributed by atoms with Gasteiger partial charge in [0.1, 0.15) is 12.4 Å². The maximum atomic E-state index is 11.9. The summed E-state index contributed by atoms with van der Waals surface area (Å²) < 4.78 is 18.1. The third-order valence-corrected chi connectivity index (χ3v) is 8.06. The quantitative estimate of drug-likeness (QED) is 0.128. The topological polar surface area (TPSA) is 121 Å². The average molecular weight is 639 g/mol. The van der Waals surface area contributed by atoms with Gasteiger partial charge in [-0.3, -0.25) is 0 Å². The van der Waals surface area contributed by atoms with Gasteiger partial charge in [0.15, 0.2) is 6.29 Å². The highest BCUT2D eigenvalue weighted by atomic mass is 16.7. The minimum Gasteiger partial charge on any atom is -0.508 e. The van der Waals surface area contributed by atoms with Gasteiger partial charge in [-0.15, -0.1) is 0 Å². The molecule has 5 rings (SSSR count). The number of aliphatic hydroxyl groups is 2. The van der Waals surface area contributed by atoms with Crippen molar-refractivity contribution in [1.82, 2.24) is 10.2 Å². The molecule has 9 nitrogen and oxygen atoms in total. The first-order valence-corrected chi connectivity index (χ1v) is 15.7. The minimum absolute atomic E-state index is 0.0318. The molecule has 4 aromatic carbocycles. The maximum absolute atomic E-state index is 11.9. The van der Waals surface area contributed by atoms with Crippen LogP contribution in [0.15, 0.2) is 110 Å². The van der Waals surface area contributed by atoms with Crippen molar-refractivity contribution in [2.75, 3.05) is 26.7 Å². The maximum Gasteiger partial charge on any atom is 0.407 e. The SMILES string of the molecule is C=CCOC(=O)NCc1cccc(-c2cccc([C@H]3O[C@@H](CN(C)C[C@@H](O)c4cccc(O)c4)C[C@@H](c4ccc(CO)cc4)O3)c2)c1. The largest absolute Gasteiger partial charge is 0.508 e. The number of amides is 1. The second-order valence-electron chi connectivity index (χ2n) is 11.7. The van der Waals surface area contributed by atoms with Crippen LogP contribution in [0.25, 0.3) is 11.1 Å². The number of phenolic OH excluding ortho intramolecular Hbond substituents is 1. The van der Waals surface area contributed by atoms with Crippen molar-refractivity contribution in [2.45, 2.75) is 44.2 Å². The molecule has 246 valence electrons. The van der Waals surface area contributed by atoms with E-state index in [4.69, 9.17) is 14.2 Å². The first kappa shape index (κ1) is 33.8. The molecule has 1 fully saturated rings. The fourth-order valence-electron chi connectivity index (χ4n) is 5.67. The van der Waals surface area contributed by atoms with E-state index >= 15 is 0 Å². The number of alkyl carbamates (subject to hydrolysis) is 1. The van der Waals surface area contributed by atoms with Crippen LogP contribution in [0.1, 0.15) is 52.7 Å². The number of aliphatic hydroxyl groups excluding tert-OH is 2. The Labute approximate surface area is 275 Å². The molecule has 47 heavy (non-hydrogen) atoms. The number of hydrogen-bond donors (Lipinski definition) is 4. The van der Waals surface area contributed by atoms with Gasteiger partial charge in [0.25, 0.3) is 0 Å². The van der Waals surface area contributed by atoms with Crippen molar-refractivity contribution in [3.05, 3.63) is 138 Å². The van der Waals surface area contributed by atoms with Gasteiger partial charge in [-0.1, -0.05) is 85.5 Å². The number of nitrogens with zero attached hydrogens (tertiary/aromatic N) is 1. The number of ether oxygens (including phenoxy) is 3. The van der Waals surface area contributed by atoms with Crippen molar-refractivity contribution in [2.24, 2.45) is 0 Å². The highest BCUT2D eigenvalue weighted by molar-refractivity contribution is 5.68. The van der Waals surface area contributed by atoms with Gasteiger partial charge in [0, 0.05) is 31.6 Å². The molecule has 1 heterocycles. The van der Waals surface area contributed by atoms with Crippen LogP contribution in [0, 0.1) is 0 Å². The van der Waals surface area contributed by atoms with Gasteiger partial charge in [-0.05, 0) is 64.7 Å². The zero-order valence-corrected chi connectivity index (χ0v) is 26.5. The Morgan fingerprint density at radius 1 is 0.979 bits per heavy atom. The summed E-state index contributed by atoms with van der Waals surface area (Å²) in [6, 6.07) is 30.4. The zero-order chi connectivity index (χ0) is 33.2. The van der Waals surface area contributed by atoms with Crippen molar-refractivity contribution in [1.29, 1.82) is 0 Å². The molecule has 1 amide bonds. The number of aromatic hydroxyl groups is 1. The summed E-state index contributed by atoms with van der Waals surface area (Å²) in [6.45, 7) is 4.90. The molecule has 0 unspecified atom stereocenters. The molecule has 0 aromatic heterocycles. The molecule has 1 aliphatic heterocycles. The van der Waals surface area contributed by atoms with Gasteiger partial charge in [-0.25, -0.2) is 4.79 Å². The fraction of sp³-hybridized carbons (Fsp3) is 0.289. The fourth-order valence-corrected chi connectivity index (χ4v) is 5.67. The molecule has 4 atom stereocenters. The predicted octanol–water partition coefficient (Wildman–Crippen LogP) is 6.17. The molecule has 4 aromatic rings. The third kappa shape index (κ3) is 9.51. The molecule has 0 aliphatic carbocycles. The van der Waals surface area contributed by atoms with Crippen LogP contribution in [0.2, 0.25) is 0 Å². The van der Waals surface area contributed by atoms with Crippen molar-refractivity contribution >= 4 is 6.09 Å². The summed E-state index contributed by atoms with van der Waals surface area (Å²) in [6.07, 6.45) is -0.266. The summed E-state index contributed by atoms with van der Waals surface area (Å²) in [5, 5.41) is 33.0. The van der Waals surface area contributed by atoms with Crippen LogP contribution < -0.4 is 5.32 Å². The first-order chi connectivity index (χ1) is 22.8. The lowest BCUT2D eigenvalue weighted by Gasteiger charge is -2.38. The van der Waals surface area contributed by atoms with Gasteiger partial charge < -0.3 is 39.7 Å². The van der Waals surface area contributed by atoms with E-state index in [0.29, 0.717) is 31.6 Å². The van der Waals surface area contributed by atoms with Crippen LogP contribution in [-0.2, 0) is 27.4 Å². The minimum atomic E-state index is -0.773. The summed E-state index contributed by atoms with van der Waals surface area (Å²) in [4.78, 5) is 13.9. The number of benzene rings is 4. The second kappa shape index (κ2) is 16.4. The van der Waals surface area contributed by atoms with E-state index in [0.717, 1.165) is 33.4 Å². The lowest BCUT2D eigenvalue weighted by Crippen LogP contribution is -2.39. The summed E-state index contributed by atoms with van der Waals surface area (Å²) in [5.74, 6) is 0.115. The molecule has 0 spiro atoms. The van der Waals surface area contributed by atoms with E-state index in [1.165, 1.54) is 6.08 Å². The molecule has 9 heteroatoms. The van der Waals surface area contributed by atoms with E-state index in [2.05, 4.69) is 18.0 Å². The highest BCUT2D eigenvalue weighted by Gasteiger charge is 2.33. The molecule has 4 N–H and O–H groups in total. The monoisotopic (exact) mass is 638 g/mol. The molecule has 0 radical (unpaired) electrons. The number of phenols is 1.